The van der Waals surface area contributed by atoms with Crippen molar-refractivity contribution in [3.63, 3.8) is 0 Å². The molecule has 3 atom stereocenters. The topological polar surface area (TPSA) is 55.5 Å². The molecule has 0 aliphatic heterocycles. The summed E-state index contributed by atoms with van der Waals surface area (Å²) in [5.41, 5.74) is 6.04. The molecule has 3 unspecified atom stereocenters. The number of aliphatic hydroxyl groups is 1. The Kier molecular flexibility index (Phi) is 5.22. The van der Waals surface area contributed by atoms with Crippen molar-refractivity contribution >= 4 is 0 Å². The van der Waals surface area contributed by atoms with E-state index in [1.165, 1.54) is 6.42 Å². The van der Waals surface area contributed by atoms with Gasteiger partial charge in [0.15, 0.2) is 0 Å². The number of hydrogen-bond donors (Lipinski definition) is 2. The summed E-state index contributed by atoms with van der Waals surface area (Å²) in [6.07, 6.45) is 4.73. The molecular weight excluding hydrogens is 202 g/mol. The molecule has 1 aliphatic carbocycles. The van der Waals surface area contributed by atoms with Gasteiger partial charge in [-0.25, -0.2) is 0 Å². The van der Waals surface area contributed by atoms with Crippen molar-refractivity contribution in [1.29, 1.82) is 0 Å². The van der Waals surface area contributed by atoms with Gasteiger partial charge < -0.3 is 15.6 Å². The van der Waals surface area contributed by atoms with E-state index in [1.807, 2.05) is 0 Å². The van der Waals surface area contributed by atoms with Crippen LogP contribution in [0.25, 0.3) is 0 Å². The van der Waals surface area contributed by atoms with Crippen LogP contribution in [0.1, 0.15) is 46.5 Å². The summed E-state index contributed by atoms with van der Waals surface area (Å²) in [6.45, 7) is 7.67. The molecule has 0 heterocycles. The molecule has 1 rings (SSSR count). The monoisotopic (exact) mass is 229 g/mol. The van der Waals surface area contributed by atoms with E-state index in [2.05, 4.69) is 20.8 Å². The van der Waals surface area contributed by atoms with Crippen LogP contribution in [0.15, 0.2) is 0 Å². The van der Waals surface area contributed by atoms with Gasteiger partial charge in [-0.3, -0.25) is 0 Å². The van der Waals surface area contributed by atoms with Gasteiger partial charge in [-0.15, -0.1) is 0 Å². The first-order valence-electron chi connectivity index (χ1n) is 6.41. The van der Waals surface area contributed by atoms with E-state index in [0.717, 1.165) is 25.2 Å². The lowest BCUT2D eigenvalue weighted by Crippen LogP contribution is -2.34. The summed E-state index contributed by atoms with van der Waals surface area (Å²) >= 11 is 0. The molecule has 1 saturated carbocycles. The molecule has 1 fully saturated rings. The van der Waals surface area contributed by atoms with E-state index in [9.17, 15) is 0 Å². The van der Waals surface area contributed by atoms with Crippen LogP contribution < -0.4 is 5.73 Å². The van der Waals surface area contributed by atoms with Crippen molar-refractivity contribution in [2.24, 2.45) is 17.1 Å². The second-order valence-corrected chi connectivity index (χ2v) is 6.14. The highest BCUT2D eigenvalue weighted by molar-refractivity contribution is 4.83. The highest BCUT2D eigenvalue weighted by Gasteiger charge is 2.32. The Morgan fingerprint density at radius 1 is 1.44 bits per heavy atom. The molecule has 3 N–H and O–H groups in total. The number of nitrogens with two attached hydrogens (primary N) is 1. The predicted octanol–water partition coefficient (Wildman–Crippen LogP) is 1.93. The van der Waals surface area contributed by atoms with Gasteiger partial charge in [-0.1, -0.05) is 20.8 Å². The molecule has 0 spiro atoms. The van der Waals surface area contributed by atoms with Gasteiger partial charge in [-0.05, 0) is 37.0 Å². The first kappa shape index (κ1) is 13.9. The fraction of sp³-hybridized carbons (Fsp3) is 1.00. The van der Waals surface area contributed by atoms with Crippen LogP contribution in [-0.2, 0) is 4.74 Å². The van der Waals surface area contributed by atoms with Crippen molar-refractivity contribution in [3.8, 4) is 0 Å². The van der Waals surface area contributed by atoms with Gasteiger partial charge in [0.25, 0.3) is 0 Å². The summed E-state index contributed by atoms with van der Waals surface area (Å²) in [6, 6.07) is -0.131. The van der Waals surface area contributed by atoms with Crippen molar-refractivity contribution in [3.05, 3.63) is 0 Å². The standard InChI is InChI=1S/C13H27NO2/c1-10-6-12(8-13(2,3)7-10)16-5-4-11(14)9-15/h10-12,15H,4-9,14H2,1-3H3. The van der Waals surface area contributed by atoms with Crippen molar-refractivity contribution in [2.75, 3.05) is 13.2 Å². The fourth-order valence-corrected chi connectivity index (χ4v) is 2.86. The Morgan fingerprint density at radius 3 is 2.69 bits per heavy atom. The summed E-state index contributed by atoms with van der Waals surface area (Å²) in [5, 5.41) is 8.82. The molecule has 1 aliphatic rings. The minimum absolute atomic E-state index is 0.0515. The number of aliphatic hydroxyl groups excluding tert-OH is 1. The van der Waals surface area contributed by atoms with Gasteiger partial charge in [-0.2, -0.15) is 0 Å². The first-order chi connectivity index (χ1) is 7.43. The number of hydrogen-bond acceptors (Lipinski definition) is 3. The maximum atomic E-state index is 8.82. The average Bonchev–Trinajstić information content (AvgIpc) is 2.14. The van der Waals surface area contributed by atoms with Gasteiger partial charge in [0.2, 0.25) is 0 Å². The van der Waals surface area contributed by atoms with Crippen LogP contribution >= 0.6 is 0 Å². The predicted molar refractivity (Wildman–Crippen MR) is 66.2 cm³/mol. The minimum atomic E-state index is -0.131. The molecule has 0 radical (unpaired) electrons. The second-order valence-electron chi connectivity index (χ2n) is 6.14. The molecule has 16 heavy (non-hydrogen) atoms. The van der Waals surface area contributed by atoms with Crippen LogP contribution in [0.2, 0.25) is 0 Å². The largest absolute Gasteiger partial charge is 0.395 e. The third kappa shape index (κ3) is 4.81. The van der Waals surface area contributed by atoms with E-state index < -0.39 is 0 Å². The molecule has 0 aromatic carbocycles. The van der Waals surface area contributed by atoms with Gasteiger partial charge >= 0.3 is 0 Å². The van der Waals surface area contributed by atoms with Crippen LogP contribution in [0, 0.1) is 11.3 Å². The molecule has 0 bridgehead atoms. The normalized spacial score (nSPS) is 31.3. The molecular formula is C13H27NO2. The smallest absolute Gasteiger partial charge is 0.0583 e. The first-order valence-corrected chi connectivity index (χ1v) is 6.41. The zero-order chi connectivity index (χ0) is 12.2. The third-order valence-corrected chi connectivity index (χ3v) is 3.42. The van der Waals surface area contributed by atoms with E-state index in [4.69, 9.17) is 15.6 Å². The Hall–Kier alpha value is -0.120. The highest BCUT2D eigenvalue weighted by Crippen LogP contribution is 2.39. The van der Waals surface area contributed by atoms with E-state index in [0.29, 0.717) is 18.1 Å². The maximum absolute atomic E-state index is 8.82. The zero-order valence-electron chi connectivity index (χ0n) is 10.9. The van der Waals surface area contributed by atoms with Crippen LogP contribution in [0.4, 0.5) is 0 Å². The molecule has 0 aromatic rings. The minimum Gasteiger partial charge on any atom is -0.395 e. The zero-order valence-corrected chi connectivity index (χ0v) is 10.9. The number of rotatable bonds is 5. The van der Waals surface area contributed by atoms with Crippen molar-refractivity contribution in [2.45, 2.75) is 58.6 Å². The summed E-state index contributed by atoms with van der Waals surface area (Å²) in [7, 11) is 0. The lowest BCUT2D eigenvalue weighted by molar-refractivity contribution is -0.0259. The van der Waals surface area contributed by atoms with Crippen molar-refractivity contribution < 1.29 is 9.84 Å². The third-order valence-electron chi connectivity index (χ3n) is 3.42. The quantitative estimate of drug-likeness (QED) is 0.757. The maximum Gasteiger partial charge on any atom is 0.0583 e. The van der Waals surface area contributed by atoms with Gasteiger partial charge in [0, 0.05) is 12.6 Å². The molecule has 0 saturated heterocycles. The summed E-state index contributed by atoms with van der Waals surface area (Å²) < 4.78 is 5.87. The van der Waals surface area contributed by atoms with E-state index >= 15 is 0 Å². The van der Waals surface area contributed by atoms with Gasteiger partial charge in [0.1, 0.15) is 0 Å². The number of ether oxygens (including phenoxy) is 1. The van der Waals surface area contributed by atoms with Crippen LogP contribution in [-0.4, -0.2) is 30.5 Å². The van der Waals surface area contributed by atoms with E-state index in [-0.39, 0.29) is 12.6 Å². The Labute approximate surface area is 99.4 Å². The fourth-order valence-electron chi connectivity index (χ4n) is 2.86. The Morgan fingerprint density at radius 2 is 2.12 bits per heavy atom. The molecule has 0 aromatic heterocycles. The molecule has 3 heteroatoms. The lowest BCUT2D eigenvalue weighted by atomic mass is 9.71. The van der Waals surface area contributed by atoms with Crippen molar-refractivity contribution in [1.82, 2.24) is 0 Å². The molecule has 0 amide bonds. The molecule has 3 nitrogen and oxygen atoms in total. The summed E-state index contributed by atoms with van der Waals surface area (Å²) in [5.74, 6) is 0.750. The highest BCUT2D eigenvalue weighted by atomic mass is 16.5. The van der Waals surface area contributed by atoms with Crippen LogP contribution in [0.3, 0.4) is 0 Å². The Balaban J connectivity index is 2.26. The van der Waals surface area contributed by atoms with E-state index in [1.54, 1.807) is 0 Å². The average molecular weight is 229 g/mol. The van der Waals surface area contributed by atoms with Gasteiger partial charge in [0.05, 0.1) is 12.7 Å². The van der Waals surface area contributed by atoms with Crippen LogP contribution in [0.5, 0.6) is 0 Å². The molecule has 96 valence electrons. The lowest BCUT2D eigenvalue weighted by Gasteiger charge is -2.38. The second kappa shape index (κ2) is 5.99. The Bertz CT molecular complexity index is 206. The summed E-state index contributed by atoms with van der Waals surface area (Å²) in [4.78, 5) is 0. The SMILES string of the molecule is CC1CC(OCCC(N)CO)CC(C)(C)C1.